The second kappa shape index (κ2) is 5.48. The Morgan fingerprint density at radius 1 is 1.60 bits per heavy atom. The fraction of sp³-hybridized carbons (Fsp3) is 0.778. The minimum Gasteiger partial charge on any atom is -0.314 e. The molecule has 0 aromatic heterocycles. The summed E-state index contributed by atoms with van der Waals surface area (Å²) in [5, 5.41) is 3.40. The van der Waals surface area contributed by atoms with E-state index in [0.717, 1.165) is 13.0 Å². The zero-order chi connectivity index (χ0) is 7.98. The van der Waals surface area contributed by atoms with E-state index in [4.69, 9.17) is 0 Å². The van der Waals surface area contributed by atoms with Crippen LogP contribution in [0.25, 0.3) is 0 Å². The van der Waals surface area contributed by atoms with Crippen molar-refractivity contribution in [1.29, 1.82) is 0 Å². The molecule has 0 aliphatic heterocycles. The highest BCUT2D eigenvalue weighted by atomic mass is 14.9. The van der Waals surface area contributed by atoms with Crippen LogP contribution in [0, 0.1) is 0 Å². The van der Waals surface area contributed by atoms with Crippen LogP contribution in [0.1, 0.15) is 33.6 Å². The second-order valence-electron chi connectivity index (χ2n) is 2.97. The molecule has 0 radical (unpaired) electrons. The minimum atomic E-state index is 0.652. The van der Waals surface area contributed by atoms with Crippen LogP contribution >= 0.6 is 0 Å². The van der Waals surface area contributed by atoms with Gasteiger partial charge in [-0.25, -0.2) is 0 Å². The first kappa shape index (κ1) is 9.70. The van der Waals surface area contributed by atoms with Crippen molar-refractivity contribution in [1.82, 2.24) is 5.32 Å². The predicted octanol–water partition coefficient (Wildman–Crippen LogP) is 2.34. The van der Waals surface area contributed by atoms with Crippen molar-refractivity contribution in [2.45, 2.75) is 39.7 Å². The molecule has 0 fully saturated rings. The quantitative estimate of drug-likeness (QED) is 0.579. The minimum absolute atomic E-state index is 0.652. The molecular formula is C9H19N. The molecule has 0 bridgehead atoms. The molecule has 0 saturated carbocycles. The van der Waals surface area contributed by atoms with Gasteiger partial charge in [-0.1, -0.05) is 12.5 Å². The summed E-state index contributed by atoms with van der Waals surface area (Å²) in [5.74, 6) is 0. The van der Waals surface area contributed by atoms with Gasteiger partial charge in [0.15, 0.2) is 0 Å². The summed E-state index contributed by atoms with van der Waals surface area (Å²) in [4.78, 5) is 0. The molecule has 1 atom stereocenters. The van der Waals surface area contributed by atoms with Gasteiger partial charge >= 0.3 is 0 Å². The molecule has 1 heteroatoms. The van der Waals surface area contributed by atoms with Crippen LogP contribution in [-0.4, -0.2) is 12.6 Å². The van der Waals surface area contributed by atoms with Crippen LogP contribution in [-0.2, 0) is 0 Å². The molecule has 1 N–H and O–H groups in total. The molecule has 0 aliphatic carbocycles. The molecular weight excluding hydrogens is 122 g/mol. The summed E-state index contributed by atoms with van der Waals surface area (Å²) >= 11 is 0. The normalized spacial score (nSPS) is 13.1. The van der Waals surface area contributed by atoms with E-state index in [1.165, 1.54) is 12.0 Å². The third kappa shape index (κ3) is 5.83. The van der Waals surface area contributed by atoms with E-state index in [9.17, 15) is 0 Å². The van der Waals surface area contributed by atoms with Gasteiger partial charge in [-0.3, -0.25) is 0 Å². The average Bonchev–Trinajstić information content (AvgIpc) is 1.87. The lowest BCUT2D eigenvalue weighted by Gasteiger charge is -2.10. The standard InChI is InChI=1S/C9H19N/c1-5-9(4)10-7-6-8(2)3/h9-10H,2,5-7H2,1,3-4H3. The Morgan fingerprint density at radius 2 is 2.20 bits per heavy atom. The summed E-state index contributed by atoms with van der Waals surface area (Å²) in [6, 6.07) is 0.652. The van der Waals surface area contributed by atoms with Gasteiger partial charge in [0.2, 0.25) is 0 Å². The Balaban J connectivity index is 3.11. The number of rotatable bonds is 5. The van der Waals surface area contributed by atoms with Crippen molar-refractivity contribution in [2.24, 2.45) is 0 Å². The molecule has 0 aromatic rings. The first-order valence-electron chi connectivity index (χ1n) is 4.04. The SMILES string of the molecule is C=C(C)CCNC(C)CC. The second-order valence-corrected chi connectivity index (χ2v) is 2.97. The van der Waals surface area contributed by atoms with E-state index in [1.54, 1.807) is 0 Å². The van der Waals surface area contributed by atoms with Crippen LogP contribution < -0.4 is 5.32 Å². The lowest BCUT2D eigenvalue weighted by Crippen LogP contribution is -2.26. The summed E-state index contributed by atoms with van der Waals surface area (Å²) in [6.07, 6.45) is 2.31. The van der Waals surface area contributed by atoms with Gasteiger partial charge in [0.25, 0.3) is 0 Å². The van der Waals surface area contributed by atoms with Crippen molar-refractivity contribution >= 4 is 0 Å². The Morgan fingerprint density at radius 3 is 2.60 bits per heavy atom. The van der Waals surface area contributed by atoms with Crippen LogP contribution in [0.2, 0.25) is 0 Å². The molecule has 1 nitrogen and oxygen atoms in total. The van der Waals surface area contributed by atoms with Crippen molar-refractivity contribution in [3.8, 4) is 0 Å². The van der Waals surface area contributed by atoms with Crippen molar-refractivity contribution in [2.75, 3.05) is 6.54 Å². The molecule has 0 aromatic carbocycles. The van der Waals surface area contributed by atoms with Gasteiger partial charge in [0.1, 0.15) is 0 Å². The highest BCUT2D eigenvalue weighted by Crippen LogP contribution is 1.94. The summed E-state index contributed by atoms with van der Waals surface area (Å²) in [5.41, 5.74) is 1.26. The van der Waals surface area contributed by atoms with Gasteiger partial charge in [-0.15, -0.1) is 6.58 Å². The van der Waals surface area contributed by atoms with Crippen LogP contribution in [0.3, 0.4) is 0 Å². The van der Waals surface area contributed by atoms with E-state index in [1.807, 2.05) is 0 Å². The average molecular weight is 141 g/mol. The summed E-state index contributed by atoms with van der Waals surface area (Å²) in [6.45, 7) is 11.4. The van der Waals surface area contributed by atoms with E-state index in [-0.39, 0.29) is 0 Å². The fourth-order valence-electron chi connectivity index (χ4n) is 0.676. The molecule has 0 aliphatic rings. The zero-order valence-corrected chi connectivity index (χ0v) is 7.41. The largest absolute Gasteiger partial charge is 0.314 e. The van der Waals surface area contributed by atoms with E-state index in [0.29, 0.717) is 6.04 Å². The first-order chi connectivity index (χ1) is 4.66. The van der Waals surface area contributed by atoms with Crippen molar-refractivity contribution in [3.05, 3.63) is 12.2 Å². The van der Waals surface area contributed by atoms with Crippen LogP contribution in [0.15, 0.2) is 12.2 Å². The van der Waals surface area contributed by atoms with Gasteiger partial charge in [0.05, 0.1) is 0 Å². The zero-order valence-electron chi connectivity index (χ0n) is 7.41. The Labute approximate surface area is 64.5 Å². The van der Waals surface area contributed by atoms with E-state index in [2.05, 4.69) is 32.7 Å². The van der Waals surface area contributed by atoms with E-state index < -0.39 is 0 Å². The smallest absolute Gasteiger partial charge is 0.00362 e. The van der Waals surface area contributed by atoms with E-state index >= 15 is 0 Å². The molecule has 0 amide bonds. The summed E-state index contributed by atoms with van der Waals surface area (Å²) < 4.78 is 0. The molecule has 0 spiro atoms. The lowest BCUT2D eigenvalue weighted by molar-refractivity contribution is 0.537. The topological polar surface area (TPSA) is 12.0 Å². The molecule has 10 heavy (non-hydrogen) atoms. The summed E-state index contributed by atoms with van der Waals surface area (Å²) in [7, 11) is 0. The third-order valence-electron chi connectivity index (χ3n) is 1.66. The molecule has 0 saturated heterocycles. The predicted molar refractivity (Wildman–Crippen MR) is 47.2 cm³/mol. The maximum absolute atomic E-state index is 3.84. The highest BCUT2D eigenvalue weighted by molar-refractivity contribution is 4.88. The lowest BCUT2D eigenvalue weighted by atomic mass is 10.2. The molecule has 0 rings (SSSR count). The van der Waals surface area contributed by atoms with Gasteiger partial charge in [-0.05, 0) is 33.2 Å². The maximum atomic E-state index is 3.84. The number of hydrogen-bond donors (Lipinski definition) is 1. The fourth-order valence-corrected chi connectivity index (χ4v) is 0.676. The first-order valence-corrected chi connectivity index (χ1v) is 4.04. The molecule has 1 unspecified atom stereocenters. The number of hydrogen-bond acceptors (Lipinski definition) is 1. The highest BCUT2D eigenvalue weighted by Gasteiger charge is 1.94. The molecule has 0 heterocycles. The van der Waals surface area contributed by atoms with Crippen molar-refractivity contribution < 1.29 is 0 Å². The van der Waals surface area contributed by atoms with Gasteiger partial charge in [0, 0.05) is 6.04 Å². The van der Waals surface area contributed by atoms with Crippen LogP contribution in [0.5, 0.6) is 0 Å². The Hall–Kier alpha value is -0.300. The van der Waals surface area contributed by atoms with Crippen LogP contribution in [0.4, 0.5) is 0 Å². The Kier molecular flexibility index (Phi) is 5.32. The molecule has 60 valence electrons. The number of nitrogens with one attached hydrogen (secondary N) is 1. The Bertz CT molecular complexity index is 96.9. The van der Waals surface area contributed by atoms with Gasteiger partial charge < -0.3 is 5.32 Å². The maximum Gasteiger partial charge on any atom is 0.00362 e. The monoisotopic (exact) mass is 141 g/mol. The van der Waals surface area contributed by atoms with Crippen molar-refractivity contribution in [3.63, 3.8) is 0 Å². The third-order valence-corrected chi connectivity index (χ3v) is 1.66. The van der Waals surface area contributed by atoms with Gasteiger partial charge in [-0.2, -0.15) is 0 Å².